The number of carboxylic acid groups (broad SMARTS) is 1. The summed E-state index contributed by atoms with van der Waals surface area (Å²) >= 11 is 0. The van der Waals surface area contributed by atoms with E-state index in [1.165, 1.54) is 0 Å². The lowest BCUT2D eigenvalue weighted by Gasteiger charge is -2.36. The van der Waals surface area contributed by atoms with Gasteiger partial charge < -0.3 is 14.7 Å². The van der Waals surface area contributed by atoms with Crippen LogP contribution in [0, 0.1) is 5.92 Å². The lowest BCUT2D eigenvalue weighted by Crippen LogP contribution is -2.47. The molecule has 1 aliphatic rings. The summed E-state index contributed by atoms with van der Waals surface area (Å²) in [6.07, 6.45) is 1.31. The number of benzene rings is 2. The van der Waals surface area contributed by atoms with Crippen molar-refractivity contribution in [3.05, 3.63) is 65.7 Å². The Morgan fingerprint density at radius 1 is 1.12 bits per heavy atom. The SMILES string of the molecule is CC1CCC(C(=O)O)CN1C(=O)c1cccc(OCc2ccccc2)c1. The van der Waals surface area contributed by atoms with Crippen LogP contribution in [0.4, 0.5) is 0 Å². The Labute approximate surface area is 153 Å². The first-order valence-corrected chi connectivity index (χ1v) is 8.85. The zero-order valence-corrected chi connectivity index (χ0v) is 14.8. The number of carbonyl (C=O) groups excluding carboxylic acids is 1. The monoisotopic (exact) mass is 353 g/mol. The first-order valence-electron chi connectivity index (χ1n) is 8.85. The Morgan fingerprint density at radius 2 is 1.88 bits per heavy atom. The fraction of sp³-hybridized carbons (Fsp3) is 0.333. The Kier molecular flexibility index (Phi) is 5.56. The lowest BCUT2D eigenvalue weighted by atomic mass is 9.93. The van der Waals surface area contributed by atoms with Gasteiger partial charge in [0.2, 0.25) is 0 Å². The first kappa shape index (κ1) is 18.0. The molecule has 1 saturated heterocycles. The first-order chi connectivity index (χ1) is 12.5. The van der Waals surface area contributed by atoms with Crippen molar-refractivity contribution in [1.82, 2.24) is 4.90 Å². The summed E-state index contributed by atoms with van der Waals surface area (Å²) in [5, 5.41) is 9.26. The molecule has 26 heavy (non-hydrogen) atoms. The van der Waals surface area contributed by atoms with Crippen LogP contribution in [-0.4, -0.2) is 34.5 Å². The standard InChI is InChI=1S/C21H23NO4/c1-15-10-11-18(21(24)25)13-22(15)20(23)17-8-5-9-19(12-17)26-14-16-6-3-2-4-7-16/h2-9,12,15,18H,10-11,13-14H2,1H3,(H,24,25). The fourth-order valence-electron chi connectivity index (χ4n) is 3.22. The molecule has 1 N–H and O–H groups in total. The summed E-state index contributed by atoms with van der Waals surface area (Å²) < 4.78 is 5.79. The molecule has 0 aromatic heterocycles. The Bertz CT molecular complexity index is 775. The maximum absolute atomic E-state index is 12.9. The minimum Gasteiger partial charge on any atom is -0.489 e. The molecule has 0 radical (unpaired) electrons. The third-order valence-electron chi connectivity index (χ3n) is 4.82. The van der Waals surface area contributed by atoms with Crippen molar-refractivity contribution in [2.45, 2.75) is 32.4 Å². The molecule has 1 amide bonds. The zero-order valence-electron chi connectivity index (χ0n) is 14.8. The second-order valence-corrected chi connectivity index (χ2v) is 6.72. The van der Waals surface area contributed by atoms with Crippen molar-refractivity contribution >= 4 is 11.9 Å². The molecule has 0 aliphatic carbocycles. The highest BCUT2D eigenvalue weighted by atomic mass is 16.5. The van der Waals surface area contributed by atoms with E-state index in [-0.39, 0.29) is 18.5 Å². The van der Waals surface area contributed by atoms with Crippen LogP contribution in [0.2, 0.25) is 0 Å². The summed E-state index contributed by atoms with van der Waals surface area (Å²) in [6.45, 7) is 2.65. The summed E-state index contributed by atoms with van der Waals surface area (Å²) in [6, 6.07) is 16.9. The molecule has 2 atom stereocenters. The molecule has 2 unspecified atom stereocenters. The Hall–Kier alpha value is -2.82. The van der Waals surface area contributed by atoms with E-state index in [1.54, 1.807) is 23.1 Å². The maximum atomic E-state index is 12.9. The van der Waals surface area contributed by atoms with Crippen LogP contribution < -0.4 is 4.74 Å². The number of carboxylic acids is 1. The van der Waals surface area contributed by atoms with Crippen LogP contribution in [0.25, 0.3) is 0 Å². The van der Waals surface area contributed by atoms with Crippen LogP contribution in [0.3, 0.4) is 0 Å². The minimum atomic E-state index is -0.838. The molecule has 0 saturated carbocycles. The van der Waals surface area contributed by atoms with Gasteiger partial charge in [0, 0.05) is 18.2 Å². The van der Waals surface area contributed by atoms with E-state index in [0.29, 0.717) is 30.8 Å². The van der Waals surface area contributed by atoms with Crippen LogP contribution >= 0.6 is 0 Å². The molecule has 0 bridgehead atoms. The molecule has 0 spiro atoms. The summed E-state index contributed by atoms with van der Waals surface area (Å²) in [5.74, 6) is -0.852. The van der Waals surface area contributed by atoms with E-state index in [2.05, 4.69) is 0 Å². The van der Waals surface area contributed by atoms with Gasteiger partial charge in [-0.2, -0.15) is 0 Å². The number of carbonyl (C=O) groups is 2. The highest BCUT2D eigenvalue weighted by Gasteiger charge is 2.33. The number of rotatable bonds is 5. The Balaban J connectivity index is 1.70. The number of ether oxygens (including phenoxy) is 1. The smallest absolute Gasteiger partial charge is 0.308 e. The van der Waals surface area contributed by atoms with Gasteiger partial charge in [-0.05, 0) is 43.5 Å². The summed E-state index contributed by atoms with van der Waals surface area (Å²) in [5.41, 5.74) is 1.58. The third kappa shape index (κ3) is 4.23. The molecule has 5 nitrogen and oxygen atoms in total. The largest absolute Gasteiger partial charge is 0.489 e. The van der Waals surface area contributed by atoms with Gasteiger partial charge in [-0.3, -0.25) is 9.59 Å². The number of likely N-dealkylation sites (tertiary alicyclic amines) is 1. The molecule has 2 aromatic carbocycles. The average Bonchev–Trinajstić information content (AvgIpc) is 2.67. The number of aliphatic carboxylic acids is 1. The molecular formula is C21H23NO4. The van der Waals surface area contributed by atoms with Gasteiger partial charge in [0.25, 0.3) is 5.91 Å². The van der Waals surface area contributed by atoms with Crippen molar-refractivity contribution in [1.29, 1.82) is 0 Å². The summed E-state index contributed by atoms with van der Waals surface area (Å²) in [4.78, 5) is 25.8. The van der Waals surface area contributed by atoms with E-state index in [4.69, 9.17) is 4.74 Å². The number of hydrogen-bond acceptors (Lipinski definition) is 3. The topological polar surface area (TPSA) is 66.8 Å². The minimum absolute atomic E-state index is 0.0343. The number of piperidine rings is 1. The van der Waals surface area contributed by atoms with Gasteiger partial charge in [-0.1, -0.05) is 36.4 Å². The molecule has 136 valence electrons. The van der Waals surface area contributed by atoms with E-state index < -0.39 is 11.9 Å². The lowest BCUT2D eigenvalue weighted by molar-refractivity contribution is -0.143. The van der Waals surface area contributed by atoms with Gasteiger partial charge in [0.05, 0.1) is 5.92 Å². The second kappa shape index (κ2) is 8.04. The number of hydrogen-bond donors (Lipinski definition) is 1. The second-order valence-electron chi connectivity index (χ2n) is 6.72. The van der Waals surface area contributed by atoms with E-state index in [1.807, 2.05) is 43.3 Å². The fourth-order valence-corrected chi connectivity index (χ4v) is 3.22. The van der Waals surface area contributed by atoms with Crippen molar-refractivity contribution in [3.8, 4) is 5.75 Å². The van der Waals surface area contributed by atoms with E-state index >= 15 is 0 Å². The van der Waals surface area contributed by atoms with Gasteiger partial charge in [0.15, 0.2) is 0 Å². The predicted molar refractivity (Wildman–Crippen MR) is 98.1 cm³/mol. The van der Waals surface area contributed by atoms with Crippen LogP contribution in [-0.2, 0) is 11.4 Å². The van der Waals surface area contributed by atoms with E-state index in [0.717, 1.165) is 5.56 Å². The predicted octanol–water partition coefficient (Wildman–Crippen LogP) is 3.59. The maximum Gasteiger partial charge on any atom is 0.308 e. The molecule has 1 fully saturated rings. The third-order valence-corrected chi connectivity index (χ3v) is 4.82. The molecule has 1 aliphatic heterocycles. The zero-order chi connectivity index (χ0) is 18.5. The van der Waals surface area contributed by atoms with Gasteiger partial charge in [-0.25, -0.2) is 0 Å². The van der Waals surface area contributed by atoms with Crippen LogP contribution in [0.1, 0.15) is 35.7 Å². The van der Waals surface area contributed by atoms with Gasteiger partial charge >= 0.3 is 5.97 Å². The highest BCUT2D eigenvalue weighted by molar-refractivity contribution is 5.95. The number of nitrogens with zero attached hydrogens (tertiary/aromatic N) is 1. The average molecular weight is 353 g/mol. The van der Waals surface area contributed by atoms with Gasteiger partial charge in [-0.15, -0.1) is 0 Å². The van der Waals surface area contributed by atoms with Crippen LogP contribution in [0.15, 0.2) is 54.6 Å². The molecule has 5 heteroatoms. The van der Waals surface area contributed by atoms with Crippen molar-refractivity contribution < 1.29 is 19.4 Å². The quantitative estimate of drug-likeness (QED) is 0.892. The highest BCUT2D eigenvalue weighted by Crippen LogP contribution is 2.25. The van der Waals surface area contributed by atoms with Gasteiger partial charge in [0.1, 0.15) is 12.4 Å². The summed E-state index contributed by atoms with van der Waals surface area (Å²) in [7, 11) is 0. The number of amides is 1. The molecule has 2 aromatic rings. The molecule has 1 heterocycles. The molecule has 3 rings (SSSR count). The van der Waals surface area contributed by atoms with Crippen molar-refractivity contribution in [2.75, 3.05) is 6.54 Å². The van der Waals surface area contributed by atoms with E-state index in [9.17, 15) is 14.7 Å². The normalized spacial score (nSPS) is 19.8. The van der Waals surface area contributed by atoms with Crippen molar-refractivity contribution in [3.63, 3.8) is 0 Å². The van der Waals surface area contributed by atoms with Crippen molar-refractivity contribution in [2.24, 2.45) is 5.92 Å². The van der Waals surface area contributed by atoms with Crippen LogP contribution in [0.5, 0.6) is 5.75 Å². The Morgan fingerprint density at radius 3 is 2.62 bits per heavy atom. The molecular weight excluding hydrogens is 330 g/mol.